The molecule has 1 aromatic carbocycles. The average Bonchev–Trinajstić information content (AvgIpc) is 2.49. The van der Waals surface area contributed by atoms with Gasteiger partial charge in [0.15, 0.2) is 5.82 Å². The van der Waals surface area contributed by atoms with Crippen LogP contribution >= 0.6 is 0 Å². The first-order valence-electron chi connectivity index (χ1n) is 7.17. The lowest BCUT2D eigenvalue weighted by Crippen LogP contribution is -2.27. The Hall–Kier alpha value is -1.85. The van der Waals surface area contributed by atoms with Gasteiger partial charge in [-0.1, -0.05) is 6.92 Å². The fourth-order valence-corrected chi connectivity index (χ4v) is 1.97. The predicted octanol–water partition coefficient (Wildman–Crippen LogP) is 3.64. The number of hydrogen-bond acceptors (Lipinski definition) is 4. The van der Waals surface area contributed by atoms with E-state index in [4.69, 9.17) is 15.2 Å². The van der Waals surface area contributed by atoms with Crippen molar-refractivity contribution in [3.63, 3.8) is 0 Å². The van der Waals surface area contributed by atoms with Gasteiger partial charge in [-0.3, -0.25) is 9.90 Å². The average molecular weight is 334 g/mol. The number of benzene rings is 1. The number of aliphatic hydroxyl groups excluding tert-OH is 1. The molecule has 1 aromatic rings. The van der Waals surface area contributed by atoms with E-state index in [0.717, 1.165) is 17.2 Å². The van der Waals surface area contributed by atoms with Crippen molar-refractivity contribution in [2.24, 2.45) is 0 Å². The van der Waals surface area contributed by atoms with Crippen molar-refractivity contribution in [2.75, 3.05) is 24.8 Å². The summed E-state index contributed by atoms with van der Waals surface area (Å²) in [6.45, 7) is 2.08. The van der Waals surface area contributed by atoms with Crippen LogP contribution in [0, 0.1) is 17.1 Å². The van der Waals surface area contributed by atoms with Crippen LogP contribution in [0.2, 0.25) is 0 Å². The first kappa shape index (κ1) is 19.2. The molecule has 1 N–H and O–H groups in total. The SMILES string of the molecule is CCCN(OCCCCO)c1ccc(C#N)c(C(F)(F)F)c1F. The van der Waals surface area contributed by atoms with Gasteiger partial charge < -0.3 is 5.11 Å². The van der Waals surface area contributed by atoms with E-state index in [1.54, 1.807) is 6.92 Å². The number of nitrogens with zero attached hydrogens (tertiary/aromatic N) is 2. The Kier molecular flexibility index (Phi) is 7.26. The highest BCUT2D eigenvalue weighted by atomic mass is 19.4. The highest BCUT2D eigenvalue weighted by Crippen LogP contribution is 2.37. The van der Waals surface area contributed by atoms with Gasteiger partial charge in [0.05, 0.1) is 18.2 Å². The van der Waals surface area contributed by atoms with Gasteiger partial charge in [0.2, 0.25) is 0 Å². The summed E-state index contributed by atoms with van der Waals surface area (Å²) in [4.78, 5) is 5.32. The lowest BCUT2D eigenvalue weighted by molar-refractivity contribution is -0.140. The Labute approximate surface area is 131 Å². The second kappa shape index (κ2) is 8.70. The molecule has 0 fully saturated rings. The molecular formula is C15H18F4N2O2. The Morgan fingerprint density at radius 2 is 2.00 bits per heavy atom. The van der Waals surface area contributed by atoms with E-state index >= 15 is 0 Å². The molecule has 0 aliphatic rings. The highest BCUT2D eigenvalue weighted by molar-refractivity contribution is 5.55. The number of unbranched alkanes of at least 4 members (excludes halogenated alkanes) is 1. The topological polar surface area (TPSA) is 56.5 Å². The van der Waals surface area contributed by atoms with Crippen molar-refractivity contribution in [2.45, 2.75) is 32.4 Å². The standard InChI is InChI=1S/C15H18F4N2O2/c1-2-7-21(23-9-4-3-8-22)12-6-5-11(10-20)13(14(12)16)15(17,18)19/h5-6,22H,2-4,7-9H2,1H3. The van der Waals surface area contributed by atoms with Gasteiger partial charge in [-0.05, 0) is 31.4 Å². The van der Waals surface area contributed by atoms with E-state index < -0.39 is 23.1 Å². The fourth-order valence-electron chi connectivity index (χ4n) is 1.97. The van der Waals surface area contributed by atoms with Crippen LogP contribution in [0.15, 0.2) is 12.1 Å². The normalized spacial score (nSPS) is 11.3. The maximum absolute atomic E-state index is 14.3. The van der Waals surface area contributed by atoms with E-state index in [2.05, 4.69) is 0 Å². The van der Waals surface area contributed by atoms with Gasteiger partial charge in [0.25, 0.3) is 0 Å². The number of hydrogen-bond donors (Lipinski definition) is 1. The molecule has 8 heteroatoms. The largest absolute Gasteiger partial charge is 0.420 e. The lowest BCUT2D eigenvalue weighted by Gasteiger charge is -2.25. The molecule has 0 saturated heterocycles. The van der Waals surface area contributed by atoms with Gasteiger partial charge in [0, 0.05) is 13.2 Å². The zero-order valence-electron chi connectivity index (χ0n) is 12.7. The summed E-state index contributed by atoms with van der Waals surface area (Å²) >= 11 is 0. The number of nitriles is 1. The van der Waals surface area contributed by atoms with Crippen LogP contribution in [0.4, 0.5) is 23.2 Å². The number of alkyl halides is 3. The number of rotatable bonds is 8. The highest BCUT2D eigenvalue weighted by Gasteiger charge is 2.39. The molecule has 0 aliphatic carbocycles. The predicted molar refractivity (Wildman–Crippen MR) is 76.0 cm³/mol. The molecule has 4 nitrogen and oxygen atoms in total. The molecule has 0 amide bonds. The van der Waals surface area contributed by atoms with Crippen molar-refractivity contribution < 1.29 is 27.5 Å². The van der Waals surface area contributed by atoms with Gasteiger partial charge >= 0.3 is 6.18 Å². The first-order valence-corrected chi connectivity index (χ1v) is 7.17. The molecule has 0 aromatic heterocycles. The smallest absolute Gasteiger partial charge is 0.396 e. The van der Waals surface area contributed by atoms with Crippen LogP contribution in [0.3, 0.4) is 0 Å². The minimum atomic E-state index is -4.97. The number of hydroxylamine groups is 1. The van der Waals surface area contributed by atoms with Gasteiger partial charge in [0.1, 0.15) is 11.3 Å². The van der Waals surface area contributed by atoms with Crippen LogP contribution < -0.4 is 5.06 Å². The van der Waals surface area contributed by atoms with E-state index in [1.807, 2.05) is 0 Å². The molecule has 0 heterocycles. The van der Waals surface area contributed by atoms with Crippen LogP contribution in [-0.2, 0) is 11.0 Å². The summed E-state index contributed by atoms with van der Waals surface area (Å²) in [5.41, 5.74) is -2.71. The van der Waals surface area contributed by atoms with E-state index in [9.17, 15) is 17.6 Å². The molecule has 0 radical (unpaired) electrons. The monoisotopic (exact) mass is 334 g/mol. The summed E-state index contributed by atoms with van der Waals surface area (Å²) < 4.78 is 53.3. The number of aliphatic hydroxyl groups is 1. The van der Waals surface area contributed by atoms with Crippen molar-refractivity contribution in [1.82, 2.24) is 0 Å². The molecule has 0 aliphatic heterocycles. The van der Waals surface area contributed by atoms with Gasteiger partial charge in [-0.15, -0.1) is 0 Å². The number of anilines is 1. The summed E-state index contributed by atoms with van der Waals surface area (Å²) in [7, 11) is 0. The first-order chi connectivity index (χ1) is 10.9. The van der Waals surface area contributed by atoms with E-state index in [0.29, 0.717) is 19.3 Å². The van der Waals surface area contributed by atoms with Crippen molar-refractivity contribution in [3.05, 3.63) is 29.1 Å². The molecule has 128 valence electrons. The third-order valence-electron chi connectivity index (χ3n) is 3.02. The van der Waals surface area contributed by atoms with Gasteiger partial charge in [-0.2, -0.15) is 18.4 Å². The number of halogens is 4. The molecule has 1 rings (SSSR count). The zero-order valence-corrected chi connectivity index (χ0v) is 12.7. The Bertz CT molecular complexity index is 556. The molecular weight excluding hydrogens is 316 g/mol. The molecule has 0 spiro atoms. The van der Waals surface area contributed by atoms with Crippen molar-refractivity contribution in [3.8, 4) is 6.07 Å². The molecule has 0 atom stereocenters. The summed E-state index contributed by atoms with van der Waals surface area (Å²) in [6, 6.07) is 3.39. The molecule has 0 bridgehead atoms. The zero-order chi connectivity index (χ0) is 17.5. The van der Waals surface area contributed by atoms with Crippen molar-refractivity contribution in [1.29, 1.82) is 5.26 Å². The maximum Gasteiger partial charge on any atom is 0.420 e. The summed E-state index contributed by atoms with van der Waals surface area (Å²) in [5, 5.41) is 18.5. The Balaban J connectivity index is 3.15. The quantitative estimate of drug-likeness (QED) is 0.448. The minimum Gasteiger partial charge on any atom is -0.396 e. The third-order valence-corrected chi connectivity index (χ3v) is 3.02. The fraction of sp³-hybridized carbons (Fsp3) is 0.533. The van der Waals surface area contributed by atoms with Gasteiger partial charge in [-0.25, -0.2) is 4.39 Å². The van der Waals surface area contributed by atoms with Crippen LogP contribution in [-0.4, -0.2) is 24.9 Å². The second-order valence-corrected chi connectivity index (χ2v) is 4.80. The van der Waals surface area contributed by atoms with Crippen LogP contribution in [0.25, 0.3) is 0 Å². The summed E-state index contributed by atoms with van der Waals surface area (Å²) in [6.07, 6.45) is -3.48. The minimum absolute atomic E-state index is 0.0272. The molecule has 0 unspecified atom stereocenters. The van der Waals surface area contributed by atoms with E-state index in [-0.39, 0.29) is 25.4 Å². The Morgan fingerprint density at radius 1 is 1.30 bits per heavy atom. The van der Waals surface area contributed by atoms with E-state index in [1.165, 1.54) is 6.07 Å². The van der Waals surface area contributed by atoms with Crippen molar-refractivity contribution >= 4 is 5.69 Å². The second-order valence-electron chi connectivity index (χ2n) is 4.80. The molecule has 0 saturated carbocycles. The Morgan fingerprint density at radius 3 is 2.52 bits per heavy atom. The summed E-state index contributed by atoms with van der Waals surface area (Å²) in [5.74, 6) is -1.52. The van der Waals surface area contributed by atoms with Crippen LogP contribution in [0.1, 0.15) is 37.3 Å². The molecule has 23 heavy (non-hydrogen) atoms. The third kappa shape index (κ3) is 5.08. The lowest BCUT2D eigenvalue weighted by atomic mass is 10.1. The maximum atomic E-state index is 14.3. The van der Waals surface area contributed by atoms with Crippen LogP contribution in [0.5, 0.6) is 0 Å².